The minimum absolute atomic E-state index is 0.522. The van der Waals surface area contributed by atoms with E-state index in [9.17, 15) is 0 Å². The highest BCUT2D eigenvalue weighted by Crippen LogP contribution is 2.30. The van der Waals surface area contributed by atoms with E-state index < -0.39 is 0 Å². The molecule has 6 rings (SSSR count). The summed E-state index contributed by atoms with van der Waals surface area (Å²) in [6.07, 6.45) is 5.63. The summed E-state index contributed by atoms with van der Waals surface area (Å²) in [5.41, 5.74) is 4.21. The molecule has 0 saturated carbocycles. The largest absolute Gasteiger partial charge is 0.492 e. The Morgan fingerprint density at radius 3 is 2.81 bits per heavy atom. The number of morpholine rings is 1. The number of nitrogens with zero attached hydrogens (tertiary/aromatic N) is 3. The monoisotopic (exact) mass is 483 g/mol. The standard InChI is InChI=1S/C27H29N7O2/c1-2-23-20(3-6-28-23)15-19(1)18-31-26-5-8-30-27(33-26)32-25-17-21(16-24-22(25)4-7-29-24)36-14-11-34-9-12-35-13-10-34/h1-8,15-17,28-29H,9-14,18H2,(H2,30,31,32,33). The lowest BCUT2D eigenvalue weighted by molar-refractivity contribution is 0.0322. The number of ether oxygens (including phenoxy) is 2. The van der Waals surface area contributed by atoms with Crippen LogP contribution >= 0.6 is 0 Å². The number of nitrogens with one attached hydrogen (secondary N) is 4. The summed E-state index contributed by atoms with van der Waals surface area (Å²) in [5, 5.41) is 9.03. The van der Waals surface area contributed by atoms with E-state index in [0.717, 1.165) is 66.5 Å². The minimum atomic E-state index is 0.522. The van der Waals surface area contributed by atoms with Gasteiger partial charge in [-0.25, -0.2) is 4.98 Å². The molecule has 0 unspecified atom stereocenters. The summed E-state index contributed by atoms with van der Waals surface area (Å²) in [5.74, 6) is 2.08. The van der Waals surface area contributed by atoms with Gasteiger partial charge in [0, 0.05) is 67.8 Å². The molecule has 9 heteroatoms. The molecule has 1 saturated heterocycles. The smallest absolute Gasteiger partial charge is 0.229 e. The molecule has 0 amide bonds. The fraction of sp³-hybridized carbons (Fsp3) is 0.259. The maximum atomic E-state index is 6.10. The van der Waals surface area contributed by atoms with Crippen molar-refractivity contribution in [2.45, 2.75) is 6.54 Å². The number of rotatable bonds is 9. The Morgan fingerprint density at radius 2 is 1.86 bits per heavy atom. The maximum absolute atomic E-state index is 6.10. The van der Waals surface area contributed by atoms with Gasteiger partial charge in [-0.3, -0.25) is 4.90 Å². The number of benzene rings is 2. The predicted molar refractivity (Wildman–Crippen MR) is 142 cm³/mol. The van der Waals surface area contributed by atoms with Crippen LogP contribution in [0.3, 0.4) is 0 Å². The Labute approximate surface area is 208 Å². The Morgan fingerprint density at radius 1 is 0.972 bits per heavy atom. The van der Waals surface area contributed by atoms with Crippen molar-refractivity contribution in [3.63, 3.8) is 0 Å². The number of aromatic nitrogens is 4. The highest BCUT2D eigenvalue weighted by molar-refractivity contribution is 5.94. The normalized spacial score (nSPS) is 14.3. The van der Waals surface area contributed by atoms with Crippen molar-refractivity contribution in [2.24, 2.45) is 0 Å². The van der Waals surface area contributed by atoms with Crippen LogP contribution in [0.2, 0.25) is 0 Å². The molecule has 4 N–H and O–H groups in total. The molecule has 1 fully saturated rings. The molecule has 0 radical (unpaired) electrons. The van der Waals surface area contributed by atoms with Crippen molar-refractivity contribution < 1.29 is 9.47 Å². The van der Waals surface area contributed by atoms with Crippen LogP contribution in [-0.2, 0) is 11.3 Å². The Balaban J connectivity index is 1.13. The molecule has 3 aromatic heterocycles. The fourth-order valence-electron chi connectivity index (χ4n) is 4.49. The summed E-state index contributed by atoms with van der Waals surface area (Å²) in [7, 11) is 0. The Kier molecular flexibility index (Phi) is 6.39. The molecule has 0 spiro atoms. The molecule has 2 aromatic carbocycles. The van der Waals surface area contributed by atoms with Crippen molar-refractivity contribution in [1.82, 2.24) is 24.8 Å². The van der Waals surface area contributed by atoms with Crippen LogP contribution in [0.4, 0.5) is 17.5 Å². The van der Waals surface area contributed by atoms with Crippen LogP contribution in [0.1, 0.15) is 5.56 Å². The Hall–Kier alpha value is -4.08. The van der Waals surface area contributed by atoms with E-state index in [1.54, 1.807) is 6.20 Å². The fourth-order valence-corrected chi connectivity index (χ4v) is 4.49. The molecule has 1 aliphatic rings. The van der Waals surface area contributed by atoms with Crippen molar-refractivity contribution in [3.05, 3.63) is 72.7 Å². The molecule has 0 bridgehead atoms. The molecule has 5 aromatic rings. The quantitative estimate of drug-likeness (QED) is 0.245. The van der Waals surface area contributed by atoms with Gasteiger partial charge in [-0.2, -0.15) is 4.98 Å². The van der Waals surface area contributed by atoms with E-state index in [0.29, 0.717) is 19.1 Å². The van der Waals surface area contributed by atoms with E-state index in [1.807, 2.05) is 36.7 Å². The average molecular weight is 484 g/mol. The highest BCUT2D eigenvalue weighted by Gasteiger charge is 2.12. The third-order valence-corrected chi connectivity index (χ3v) is 6.42. The van der Waals surface area contributed by atoms with Crippen molar-refractivity contribution in [3.8, 4) is 5.75 Å². The number of fused-ring (bicyclic) bond motifs is 2. The summed E-state index contributed by atoms with van der Waals surface area (Å²) < 4.78 is 11.5. The van der Waals surface area contributed by atoms with Gasteiger partial charge in [0.25, 0.3) is 0 Å². The molecule has 0 aliphatic carbocycles. The second kappa shape index (κ2) is 10.3. The van der Waals surface area contributed by atoms with E-state index in [-0.39, 0.29) is 0 Å². The van der Waals surface area contributed by atoms with E-state index in [1.165, 1.54) is 10.9 Å². The maximum Gasteiger partial charge on any atom is 0.229 e. The zero-order chi connectivity index (χ0) is 24.2. The van der Waals surface area contributed by atoms with Gasteiger partial charge in [-0.05, 0) is 41.3 Å². The molecular weight excluding hydrogens is 454 g/mol. The lowest BCUT2D eigenvalue weighted by Gasteiger charge is -2.26. The summed E-state index contributed by atoms with van der Waals surface area (Å²) in [6, 6.07) is 16.4. The van der Waals surface area contributed by atoms with Crippen molar-refractivity contribution in [2.75, 3.05) is 50.1 Å². The minimum Gasteiger partial charge on any atom is -0.492 e. The third kappa shape index (κ3) is 5.12. The number of anilines is 3. The second-order valence-electron chi connectivity index (χ2n) is 8.86. The molecule has 4 heterocycles. The van der Waals surface area contributed by atoms with E-state index in [4.69, 9.17) is 9.47 Å². The SMILES string of the molecule is c1cc(NCc2ccc3[nH]ccc3c2)nc(Nc2cc(OCCN3CCOCC3)cc3[nH]ccc23)n1. The van der Waals surface area contributed by atoms with Gasteiger partial charge in [-0.1, -0.05) is 6.07 Å². The van der Waals surface area contributed by atoms with Gasteiger partial charge >= 0.3 is 0 Å². The molecule has 9 nitrogen and oxygen atoms in total. The molecule has 1 aliphatic heterocycles. The van der Waals surface area contributed by atoms with E-state index in [2.05, 4.69) is 59.7 Å². The average Bonchev–Trinajstić information content (AvgIpc) is 3.58. The van der Waals surface area contributed by atoms with Crippen LogP contribution in [0.15, 0.2) is 67.1 Å². The summed E-state index contributed by atoms with van der Waals surface area (Å²) in [4.78, 5) is 18.0. The zero-order valence-corrected chi connectivity index (χ0v) is 20.0. The predicted octanol–water partition coefficient (Wildman–Crippen LogP) is 4.51. The van der Waals surface area contributed by atoms with Crippen LogP contribution in [0, 0.1) is 0 Å². The number of aromatic amines is 2. The molecular formula is C27H29N7O2. The first-order valence-corrected chi connectivity index (χ1v) is 12.2. The zero-order valence-electron chi connectivity index (χ0n) is 20.0. The lowest BCUT2D eigenvalue weighted by atomic mass is 10.1. The van der Waals surface area contributed by atoms with Crippen LogP contribution in [0.25, 0.3) is 21.8 Å². The number of hydrogen-bond donors (Lipinski definition) is 4. The number of hydrogen-bond acceptors (Lipinski definition) is 7. The van der Waals surface area contributed by atoms with Crippen molar-refractivity contribution >= 4 is 39.3 Å². The van der Waals surface area contributed by atoms with Gasteiger partial charge in [0.15, 0.2) is 0 Å². The first kappa shape index (κ1) is 22.4. The van der Waals surface area contributed by atoms with Gasteiger partial charge in [0.05, 0.1) is 24.4 Å². The van der Waals surface area contributed by atoms with E-state index >= 15 is 0 Å². The topological polar surface area (TPSA) is 103 Å². The first-order valence-electron chi connectivity index (χ1n) is 12.2. The summed E-state index contributed by atoms with van der Waals surface area (Å²) >= 11 is 0. The first-order chi connectivity index (χ1) is 17.8. The van der Waals surface area contributed by atoms with Crippen LogP contribution in [-0.4, -0.2) is 64.3 Å². The van der Waals surface area contributed by atoms with Gasteiger partial charge in [-0.15, -0.1) is 0 Å². The molecule has 0 atom stereocenters. The van der Waals surface area contributed by atoms with Gasteiger partial charge in [0.2, 0.25) is 5.95 Å². The van der Waals surface area contributed by atoms with Gasteiger partial charge < -0.3 is 30.1 Å². The van der Waals surface area contributed by atoms with Crippen molar-refractivity contribution in [1.29, 1.82) is 0 Å². The molecule has 184 valence electrons. The highest BCUT2D eigenvalue weighted by atomic mass is 16.5. The van der Waals surface area contributed by atoms with Gasteiger partial charge in [0.1, 0.15) is 18.2 Å². The summed E-state index contributed by atoms with van der Waals surface area (Å²) in [6.45, 7) is 5.66. The number of H-pyrrole nitrogens is 2. The Bertz CT molecular complexity index is 1460. The third-order valence-electron chi connectivity index (χ3n) is 6.42. The van der Waals surface area contributed by atoms with Crippen LogP contribution in [0.5, 0.6) is 5.75 Å². The second-order valence-corrected chi connectivity index (χ2v) is 8.86. The van der Waals surface area contributed by atoms with Crippen LogP contribution < -0.4 is 15.4 Å². The molecule has 36 heavy (non-hydrogen) atoms. The lowest BCUT2D eigenvalue weighted by Crippen LogP contribution is -2.38.